The highest BCUT2D eigenvalue weighted by Crippen LogP contribution is 2.14. The summed E-state index contributed by atoms with van der Waals surface area (Å²) >= 11 is 0. The molecule has 1 aromatic rings. The van der Waals surface area contributed by atoms with Gasteiger partial charge in [0.1, 0.15) is 5.82 Å². The number of rotatable bonds is 6. The van der Waals surface area contributed by atoms with Crippen LogP contribution in [0.15, 0.2) is 41.2 Å². The third-order valence-electron chi connectivity index (χ3n) is 2.52. The molecule has 0 unspecified atom stereocenters. The van der Waals surface area contributed by atoms with Crippen LogP contribution in [-0.4, -0.2) is 15.7 Å². The summed E-state index contributed by atoms with van der Waals surface area (Å²) in [6.45, 7) is 10.0. The van der Waals surface area contributed by atoms with Crippen molar-refractivity contribution in [1.29, 1.82) is 0 Å². The lowest BCUT2D eigenvalue weighted by molar-refractivity contribution is 0.931. The lowest BCUT2D eigenvalue weighted by Crippen LogP contribution is -2.03. The molecule has 0 aliphatic rings. The van der Waals surface area contributed by atoms with Crippen molar-refractivity contribution in [2.75, 3.05) is 0 Å². The summed E-state index contributed by atoms with van der Waals surface area (Å²) in [5.41, 5.74) is 8.22. The Balaban J connectivity index is 3.11. The van der Waals surface area contributed by atoms with Crippen LogP contribution < -0.4 is 5.73 Å². The van der Waals surface area contributed by atoms with Crippen LogP contribution in [0.4, 0.5) is 5.82 Å². The van der Waals surface area contributed by atoms with Crippen LogP contribution in [0, 0.1) is 0 Å². The van der Waals surface area contributed by atoms with Gasteiger partial charge in [0.05, 0.1) is 5.71 Å². The standard InChI is InChI=1S/C15H22N4/c1-5-7-11(3)13(10-12(4)16)18-15-8-9-17-14(6-2)19-15/h8-10H,3,5-7,16H2,1-2,4H3. The molecular weight excluding hydrogens is 236 g/mol. The fourth-order valence-electron chi connectivity index (χ4n) is 1.60. The molecule has 2 N–H and O–H groups in total. The van der Waals surface area contributed by atoms with Gasteiger partial charge in [-0.25, -0.2) is 15.0 Å². The summed E-state index contributed by atoms with van der Waals surface area (Å²) in [4.78, 5) is 13.1. The van der Waals surface area contributed by atoms with Crippen LogP contribution in [0.3, 0.4) is 0 Å². The molecule has 0 aliphatic carbocycles. The first kappa shape index (κ1) is 15.1. The first-order valence-corrected chi connectivity index (χ1v) is 6.59. The van der Waals surface area contributed by atoms with Gasteiger partial charge in [-0.1, -0.05) is 26.8 Å². The van der Waals surface area contributed by atoms with Gasteiger partial charge in [0.15, 0.2) is 5.82 Å². The van der Waals surface area contributed by atoms with E-state index in [0.29, 0.717) is 11.5 Å². The van der Waals surface area contributed by atoms with Crippen LogP contribution in [-0.2, 0) is 6.42 Å². The van der Waals surface area contributed by atoms with Gasteiger partial charge in [-0.2, -0.15) is 0 Å². The Kier molecular flexibility index (Phi) is 5.93. The fourth-order valence-corrected chi connectivity index (χ4v) is 1.60. The van der Waals surface area contributed by atoms with Crippen molar-refractivity contribution in [3.63, 3.8) is 0 Å². The maximum absolute atomic E-state index is 5.74. The highest BCUT2D eigenvalue weighted by atomic mass is 15.0. The Bertz CT molecular complexity index is 497. The molecule has 102 valence electrons. The zero-order valence-corrected chi connectivity index (χ0v) is 12.0. The largest absolute Gasteiger partial charge is 0.402 e. The molecule has 0 atom stereocenters. The van der Waals surface area contributed by atoms with Gasteiger partial charge in [-0.05, 0) is 25.0 Å². The van der Waals surface area contributed by atoms with E-state index in [1.807, 2.05) is 19.9 Å². The van der Waals surface area contributed by atoms with Gasteiger partial charge >= 0.3 is 0 Å². The van der Waals surface area contributed by atoms with E-state index in [9.17, 15) is 0 Å². The van der Waals surface area contributed by atoms with E-state index >= 15 is 0 Å². The Hall–Kier alpha value is -1.97. The van der Waals surface area contributed by atoms with Gasteiger partial charge in [-0.15, -0.1) is 0 Å². The number of aliphatic imine (C=N–C) groups is 1. The molecule has 0 saturated heterocycles. The van der Waals surface area contributed by atoms with E-state index in [2.05, 4.69) is 28.5 Å². The van der Waals surface area contributed by atoms with Gasteiger partial charge in [-0.3, -0.25) is 0 Å². The van der Waals surface area contributed by atoms with Crippen molar-refractivity contribution < 1.29 is 0 Å². The Morgan fingerprint density at radius 2 is 2.21 bits per heavy atom. The quantitative estimate of drug-likeness (QED) is 0.796. The molecule has 1 rings (SSSR count). The van der Waals surface area contributed by atoms with Gasteiger partial charge in [0.25, 0.3) is 0 Å². The van der Waals surface area contributed by atoms with Crippen LogP contribution >= 0.6 is 0 Å². The van der Waals surface area contributed by atoms with E-state index in [-0.39, 0.29) is 0 Å². The highest BCUT2D eigenvalue weighted by molar-refractivity contribution is 6.09. The number of nitrogens with two attached hydrogens (primary N) is 1. The number of hydrogen-bond donors (Lipinski definition) is 1. The lowest BCUT2D eigenvalue weighted by atomic mass is 10.1. The molecule has 1 heterocycles. The summed E-state index contributed by atoms with van der Waals surface area (Å²) in [7, 11) is 0. The average Bonchev–Trinajstić information content (AvgIpc) is 2.38. The van der Waals surface area contributed by atoms with Crippen LogP contribution in [0.5, 0.6) is 0 Å². The maximum Gasteiger partial charge on any atom is 0.156 e. The summed E-state index contributed by atoms with van der Waals surface area (Å²) in [5.74, 6) is 1.44. The Morgan fingerprint density at radius 3 is 2.79 bits per heavy atom. The third-order valence-corrected chi connectivity index (χ3v) is 2.52. The van der Waals surface area contributed by atoms with Crippen LogP contribution in [0.25, 0.3) is 0 Å². The Morgan fingerprint density at radius 1 is 1.47 bits per heavy atom. The molecule has 0 fully saturated rings. The molecule has 0 saturated carbocycles. The predicted octanol–water partition coefficient (Wildman–Crippen LogP) is 3.33. The number of aromatic nitrogens is 2. The van der Waals surface area contributed by atoms with Crippen molar-refractivity contribution >= 4 is 11.5 Å². The summed E-state index contributed by atoms with van der Waals surface area (Å²) in [6.07, 6.45) is 6.28. The minimum absolute atomic E-state index is 0.650. The van der Waals surface area contributed by atoms with Crippen LogP contribution in [0.2, 0.25) is 0 Å². The SMILES string of the molecule is C=C(CCC)C(C=C(C)N)=Nc1ccnc(CC)n1. The van der Waals surface area contributed by atoms with Gasteiger partial charge in [0.2, 0.25) is 0 Å². The predicted molar refractivity (Wildman–Crippen MR) is 80.5 cm³/mol. The van der Waals surface area contributed by atoms with Crippen molar-refractivity contribution in [3.8, 4) is 0 Å². The monoisotopic (exact) mass is 258 g/mol. The second-order valence-corrected chi connectivity index (χ2v) is 4.42. The molecule has 0 aromatic carbocycles. The van der Waals surface area contributed by atoms with Gasteiger partial charge in [0, 0.05) is 24.4 Å². The zero-order valence-electron chi connectivity index (χ0n) is 12.0. The smallest absolute Gasteiger partial charge is 0.156 e. The zero-order chi connectivity index (χ0) is 14.3. The van der Waals surface area contributed by atoms with E-state index in [4.69, 9.17) is 5.73 Å². The minimum atomic E-state index is 0.650. The van der Waals surface area contributed by atoms with Crippen LogP contribution in [0.1, 0.15) is 39.4 Å². The summed E-state index contributed by atoms with van der Waals surface area (Å²) < 4.78 is 0. The molecule has 0 radical (unpaired) electrons. The normalized spacial score (nSPS) is 12.6. The highest BCUT2D eigenvalue weighted by Gasteiger charge is 2.03. The molecular formula is C15H22N4. The second kappa shape index (κ2) is 7.46. The summed E-state index contributed by atoms with van der Waals surface area (Å²) in [6, 6.07) is 1.79. The van der Waals surface area contributed by atoms with E-state index < -0.39 is 0 Å². The number of hydrogen-bond acceptors (Lipinski definition) is 4. The molecule has 4 nitrogen and oxygen atoms in total. The Labute approximate surface area is 115 Å². The van der Waals surface area contributed by atoms with Crippen molar-refractivity contribution in [2.24, 2.45) is 10.7 Å². The lowest BCUT2D eigenvalue weighted by Gasteiger charge is -2.06. The van der Waals surface area contributed by atoms with Crippen molar-refractivity contribution in [2.45, 2.75) is 40.0 Å². The average molecular weight is 258 g/mol. The minimum Gasteiger partial charge on any atom is -0.402 e. The van der Waals surface area contributed by atoms with Crippen molar-refractivity contribution in [3.05, 3.63) is 42.0 Å². The molecule has 0 aliphatic heterocycles. The molecule has 0 spiro atoms. The van der Waals surface area contributed by atoms with E-state index in [1.165, 1.54) is 0 Å². The third kappa shape index (κ3) is 5.04. The van der Waals surface area contributed by atoms with E-state index in [1.54, 1.807) is 12.3 Å². The van der Waals surface area contributed by atoms with Crippen molar-refractivity contribution in [1.82, 2.24) is 9.97 Å². The molecule has 0 bridgehead atoms. The molecule has 4 heteroatoms. The van der Waals surface area contributed by atoms with Gasteiger partial charge < -0.3 is 5.73 Å². The number of allylic oxidation sites excluding steroid dienone is 3. The number of aryl methyl sites for hydroxylation is 1. The second-order valence-electron chi connectivity index (χ2n) is 4.42. The topological polar surface area (TPSA) is 64.2 Å². The molecule has 0 amide bonds. The van der Waals surface area contributed by atoms with E-state index in [0.717, 1.165) is 36.4 Å². The first-order valence-electron chi connectivity index (χ1n) is 6.59. The molecule has 1 aromatic heterocycles. The fraction of sp³-hybridized carbons (Fsp3) is 0.400. The molecule has 19 heavy (non-hydrogen) atoms. The maximum atomic E-state index is 5.74. The first-order chi connectivity index (χ1) is 9.06. The summed E-state index contributed by atoms with van der Waals surface area (Å²) in [5, 5.41) is 0. The number of nitrogens with zero attached hydrogens (tertiary/aromatic N) is 3.